The lowest BCUT2D eigenvalue weighted by Crippen LogP contribution is -2.57. The zero-order chi connectivity index (χ0) is 27.0. The number of aliphatic hydroxyl groups is 5. The molecule has 3 heterocycles. The van der Waals surface area contributed by atoms with Crippen molar-refractivity contribution in [1.82, 2.24) is 0 Å². The molecular weight excluding hydrogens is 511 g/mol. The number of benzene rings is 1. The van der Waals surface area contributed by atoms with E-state index in [1.165, 1.54) is 18.2 Å². The number of thioether (sulfide) groups is 1. The second-order valence-corrected chi connectivity index (χ2v) is 10.9. The van der Waals surface area contributed by atoms with E-state index in [4.69, 9.17) is 18.6 Å². The van der Waals surface area contributed by atoms with Crippen molar-refractivity contribution in [3.05, 3.63) is 45.6 Å². The molecule has 5 unspecified atom stereocenters. The summed E-state index contributed by atoms with van der Waals surface area (Å²) in [4.78, 5) is 12.5. The minimum absolute atomic E-state index is 0.0623. The van der Waals surface area contributed by atoms with Crippen LogP contribution in [0.25, 0.3) is 11.0 Å². The van der Waals surface area contributed by atoms with Gasteiger partial charge in [-0.1, -0.05) is 31.7 Å². The van der Waals surface area contributed by atoms with Gasteiger partial charge in [-0.2, -0.15) is 0 Å². The summed E-state index contributed by atoms with van der Waals surface area (Å²) in [5, 5.41) is 51.1. The Bertz CT molecular complexity index is 1140. The molecule has 4 rings (SSSR count). The molecule has 2 fully saturated rings. The van der Waals surface area contributed by atoms with Crippen LogP contribution in [0, 0.1) is 24.6 Å². The standard InChI is InChI=1S/C25H33FO10S/c1-10-4-5-15-14(18(10)26)6-13(23(32)34-15)9-33-22-12(3)24(35-17(8-28)21(22)31)37-25-20(30)11(2)19(29)16(7-27)36-25/h4-6,11-12,16-17,19-22,24-25,27-31H,7-9H2,1-3H3/t11?,12-,16?,17-,19-,20?,21?,22?,24+,25+/m1/s1. The van der Waals surface area contributed by atoms with Crippen molar-refractivity contribution in [1.29, 1.82) is 0 Å². The average Bonchev–Trinajstić information content (AvgIpc) is 2.88. The van der Waals surface area contributed by atoms with Gasteiger partial charge in [-0.25, -0.2) is 9.18 Å². The third-order valence-corrected chi connectivity index (χ3v) is 8.66. The first-order chi connectivity index (χ1) is 17.6. The molecule has 0 aliphatic carbocycles. The Kier molecular flexibility index (Phi) is 8.94. The molecule has 2 aliphatic rings. The Morgan fingerprint density at radius 3 is 2.30 bits per heavy atom. The lowest BCUT2D eigenvalue weighted by atomic mass is 9.92. The maximum Gasteiger partial charge on any atom is 0.341 e. The number of fused-ring (bicyclic) bond motifs is 1. The van der Waals surface area contributed by atoms with E-state index in [0.29, 0.717) is 5.56 Å². The first kappa shape index (κ1) is 28.4. The minimum atomic E-state index is -1.24. The Labute approximate surface area is 217 Å². The normalized spacial score (nSPS) is 36.7. The third kappa shape index (κ3) is 5.58. The van der Waals surface area contributed by atoms with Crippen molar-refractivity contribution in [2.75, 3.05) is 13.2 Å². The van der Waals surface area contributed by atoms with Crippen molar-refractivity contribution in [3.8, 4) is 0 Å². The van der Waals surface area contributed by atoms with Gasteiger partial charge < -0.3 is 44.2 Å². The van der Waals surface area contributed by atoms with Gasteiger partial charge >= 0.3 is 5.63 Å². The Hall–Kier alpha value is -1.61. The van der Waals surface area contributed by atoms with Crippen LogP contribution in [0.4, 0.5) is 4.39 Å². The third-order valence-electron chi connectivity index (χ3n) is 7.20. The van der Waals surface area contributed by atoms with E-state index in [-0.39, 0.29) is 23.1 Å². The summed E-state index contributed by atoms with van der Waals surface area (Å²) in [7, 11) is 0. The molecule has 2 aliphatic heterocycles. The number of aliphatic hydroxyl groups excluding tert-OH is 5. The van der Waals surface area contributed by atoms with E-state index in [9.17, 15) is 34.7 Å². The molecule has 0 radical (unpaired) electrons. The molecule has 12 heteroatoms. The van der Waals surface area contributed by atoms with Gasteiger partial charge in [-0.15, -0.1) is 0 Å². The molecule has 0 saturated carbocycles. The van der Waals surface area contributed by atoms with Crippen molar-refractivity contribution in [3.63, 3.8) is 0 Å². The van der Waals surface area contributed by atoms with Crippen molar-refractivity contribution >= 4 is 22.7 Å². The zero-order valence-electron chi connectivity index (χ0n) is 20.7. The van der Waals surface area contributed by atoms with Crippen LogP contribution in [0.5, 0.6) is 0 Å². The van der Waals surface area contributed by atoms with Crippen LogP contribution in [0.15, 0.2) is 27.4 Å². The highest BCUT2D eigenvalue weighted by atomic mass is 32.2. The smallest absolute Gasteiger partial charge is 0.341 e. The SMILES string of the molecule is Cc1ccc2oc(=O)c(COC3C(O)[C@@H](CO)O[C@@H](S[C@@H]4OC(CO)[C@H](O)C(C)C4O)[C@@H]3C)cc2c1F. The van der Waals surface area contributed by atoms with Gasteiger partial charge in [0.15, 0.2) is 0 Å². The maximum atomic E-state index is 14.6. The largest absolute Gasteiger partial charge is 0.422 e. The van der Waals surface area contributed by atoms with Crippen LogP contribution >= 0.6 is 11.8 Å². The quantitative estimate of drug-likeness (QED) is 0.312. The second-order valence-electron chi connectivity index (χ2n) is 9.72. The monoisotopic (exact) mass is 544 g/mol. The first-order valence-electron chi connectivity index (χ1n) is 12.1. The summed E-state index contributed by atoms with van der Waals surface area (Å²) in [6, 6.07) is 4.39. The summed E-state index contributed by atoms with van der Waals surface area (Å²) in [6.45, 7) is 3.74. The van der Waals surface area contributed by atoms with Gasteiger partial charge in [-0.05, 0) is 24.6 Å². The van der Waals surface area contributed by atoms with E-state index >= 15 is 0 Å². The number of hydrogen-bond acceptors (Lipinski definition) is 11. The van der Waals surface area contributed by atoms with Crippen molar-refractivity contribution < 1.29 is 48.6 Å². The van der Waals surface area contributed by atoms with E-state index in [1.807, 2.05) is 0 Å². The van der Waals surface area contributed by atoms with E-state index in [1.54, 1.807) is 20.8 Å². The van der Waals surface area contributed by atoms with Crippen LogP contribution < -0.4 is 5.63 Å². The number of ether oxygens (including phenoxy) is 3. The molecule has 37 heavy (non-hydrogen) atoms. The van der Waals surface area contributed by atoms with E-state index < -0.39 is 84.0 Å². The number of halogens is 1. The number of hydrogen-bond donors (Lipinski definition) is 5. The van der Waals surface area contributed by atoms with Gasteiger partial charge in [0.1, 0.15) is 40.6 Å². The second kappa shape index (κ2) is 11.6. The highest BCUT2D eigenvalue weighted by molar-refractivity contribution is 8.00. The lowest BCUT2D eigenvalue weighted by molar-refractivity contribution is -0.204. The van der Waals surface area contributed by atoms with E-state index in [2.05, 4.69) is 0 Å². The molecule has 1 aromatic heterocycles. The molecule has 10 atom stereocenters. The van der Waals surface area contributed by atoms with Crippen LogP contribution in [0.1, 0.15) is 25.0 Å². The fourth-order valence-electron chi connectivity index (χ4n) is 4.72. The molecular formula is C25H33FO10S. The van der Waals surface area contributed by atoms with Gasteiger partial charge in [0.2, 0.25) is 0 Å². The van der Waals surface area contributed by atoms with Crippen LogP contribution in [0.3, 0.4) is 0 Å². The fourth-order valence-corrected chi connectivity index (χ4v) is 6.21. The molecule has 10 nitrogen and oxygen atoms in total. The molecule has 1 aromatic carbocycles. The maximum absolute atomic E-state index is 14.6. The predicted octanol–water partition coefficient (Wildman–Crippen LogP) is 0.648. The molecule has 0 amide bonds. The lowest BCUT2D eigenvalue weighted by Gasteiger charge is -2.46. The summed E-state index contributed by atoms with van der Waals surface area (Å²) in [6.07, 6.45) is -6.18. The highest BCUT2D eigenvalue weighted by Crippen LogP contribution is 2.41. The van der Waals surface area contributed by atoms with Crippen molar-refractivity contribution in [2.24, 2.45) is 11.8 Å². The zero-order valence-corrected chi connectivity index (χ0v) is 21.5. The van der Waals surface area contributed by atoms with Crippen LogP contribution in [-0.4, -0.2) is 86.2 Å². The molecule has 5 N–H and O–H groups in total. The summed E-state index contributed by atoms with van der Waals surface area (Å²) in [5.74, 6) is -1.60. The van der Waals surface area contributed by atoms with Gasteiger partial charge in [0.05, 0.1) is 49.1 Å². The van der Waals surface area contributed by atoms with Gasteiger partial charge in [0.25, 0.3) is 0 Å². The molecule has 0 spiro atoms. The van der Waals surface area contributed by atoms with Gasteiger partial charge in [0, 0.05) is 11.8 Å². The Morgan fingerprint density at radius 1 is 0.973 bits per heavy atom. The fraction of sp³-hybridized carbons (Fsp3) is 0.640. The molecule has 206 valence electrons. The van der Waals surface area contributed by atoms with Crippen LogP contribution in [0.2, 0.25) is 0 Å². The Balaban J connectivity index is 1.52. The predicted molar refractivity (Wildman–Crippen MR) is 131 cm³/mol. The summed E-state index contributed by atoms with van der Waals surface area (Å²) in [5.41, 5.74) is -1.72. The van der Waals surface area contributed by atoms with E-state index in [0.717, 1.165) is 11.8 Å². The number of aryl methyl sites for hydroxylation is 1. The topological polar surface area (TPSA) is 159 Å². The summed E-state index contributed by atoms with van der Waals surface area (Å²) >= 11 is 1.09. The Morgan fingerprint density at radius 2 is 1.62 bits per heavy atom. The van der Waals surface area contributed by atoms with Gasteiger partial charge in [-0.3, -0.25) is 0 Å². The molecule has 2 aromatic rings. The van der Waals surface area contributed by atoms with Crippen molar-refractivity contribution in [2.45, 2.75) is 74.9 Å². The average molecular weight is 545 g/mol. The first-order valence-corrected chi connectivity index (χ1v) is 13.1. The van der Waals surface area contributed by atoms with Crippen LogP contribution in [-0.2, 0) is 20.8 Å². The highest BCUT2D eigenvalue weighted by Gasteiger charge is 2.48. The number of rotatable bonds is 7. The summed E-state index contributed by atoms with van der Waals surface area (Å²) < 4.78 is 37.3. The molecule has 2 saturated heterocycles. The molecule has 0 bridgehead atoms. The minimum Gasteiger partial charge on any atom is -0.422 e.